The Morgan fingerprint density at radius 2 is 1.78 bits per heavy atom. The van der Waals surface area contributed by atoms with Gasteiger partial charge in [-0.1, -0.05) is 78.0 Å². The molecule has 0 unspecified atom stereocenters. The van der Waals surface area contributed by atoms with Crippen LogP contribution < -0.4 is 9.62 Å². The molecule has 1 aliphatic rings. The number of rotatable bonds is 6. The van der Waals surface area contributed by atoms with Crippen LogP contribution in [0.5, 0.6) is 0 Å². The molecule has 0 fully saturated rings. The van der Waals surface area contributed by atoms with Gasteiger partial charge in [-0.3, -0.25) is 9.10 Å². The normalized spacial score (nSPS) is 13.6. The van der Waals surface area contributed by atoms with E-state index >= 15 is 0 Å². The third-order valence-corrected chi connectivity index (χ3v) is 8.51. The Hall–Kier alpha value is -3.69. The van der Waals surface area contributed by atoms with E-state index in [0.29, 0.717) is 22.1 Å². The molecular weight excluding hydrogens is 492 g/mol. The number of nitrogens with zero attached hydrogens (tertiary/aromatic N) is 3. The van der Waals surface area contributed by atoms with Gasteiger partial charge >= 0.3 is 0 Å². The molecule has 9 heteroatoms. The van der Waals surface area contributed by atoms with E-state index in [4.69, 9.17) is 0 Å². The molecule has 0 spiro atoms. The molecule has 2 heterocycles. The zero-order valence-corrected chi connectivity index (χ0v) is 21.4. The highest BCUT2D eigenvalue weighted by molar-refractivity contribution is 7.99. The van der Waals surface area contributed by atoms with Gasteiger partial charge in [-0.25, -0.2) is 18.4 Å². The van der Waals surface area contributed by atoms with E-state index in [2.05, 4.69) is 15.3 Å². The fraction of sp³-hybridized carbons (Fsp3) is 0.148. The molecule has 0 saturated carbocycles. The quantitative estimate of drug-likeness (QED) is 0.280. The number of carbonyl (C=O) groups is 1. The number of carbonyl (C=O) groups excluding carboxylic acids is 1. The monoisotopic (exact) mass is 516 g/mol. The topological polar surface area (TPSA) is 92.3 Å². The second-order valence-electron chi connectivity index (χ2n) is 8.54. The fourth-order valence-corrected chi connectivity index (χ4v) is 6.30. The van der Waals surface area contributed by atoms with Crippen molar-refractivity contribution >= 4 is 39.1 Å². The van der Waals surface area contributed by atoms with Crippen molar-refractivity contribution in [2.75, 3.05) is 15.4 Å². The summed E-state index contributed by atoms with van der Waals surface area (Å²) in [5.41, 5.74) is 5.31. The van der Waals surface area contributed by atoms with Crippen molar-refractivity contribution in [2.24, 2.45) is 0 Å². The number of aryl methyl sites for hydroxylation is 2. The summed E-state index contributed by atoms with van der Waals surface area (Å²) in [4.78, 5) is 21.4. The van der Waals surface area contributed by atoms with E-state index in [1.807, 2.05) is 80.6 Å². The third kappa shape index (κ3) is 4.72. The summed E-state index contributed by atoms with van der Waals surface area (Å²) >= 11 is 1.16. The van der Waals surface area contributed by atoms with Crippen LogP contribution in [0, 0.1) is 13.8 Å². The van der Waals surface area contributed by atoms with E-state index in [0.717, 1.165) is 34.1 Å². The molecule has 4 aromatic rings. The van der Waals surface area contributed by atoms with Crippen molar-refractivity contribution in [1.82, 2.24) is 9.97 Å². The van der Waals surface area contributed by atoms with Gasteiger partial charge in [0.2, 0.25) is 5.91 Å². The van der Waals surface area contributed by atoms with Gasteiger partial charge < -0.3 is 5.32 Å². The number of hydrogen-bond donors (Lipinski definition) is 1. The van der Waals surface area contributed by atoms with Gasteiger partial charge in [-0.15, -0.1) is 0 Å². The molecule has 1 amide bonds. The van der Waals surface area contributed by atoms with Crippen LogP contribution in [0.2, 0.25) is 0 Å². The lowest BCUT2D eigenvalue weighted by Gasteiger charge is -2.31. The lowest BCUT2D eigenvalue weighted by molar-refractivity contribution is -0.113. The summed E-state index contributed by atoms with van der Waals surface area (Å²) < 4.78 is 28.7. The Balaban J connectivity index is 1.42. The van der Waals surface area contributed by atoms with Crippen LogP contribution in [0.4, 0.5) is 11.4 Å². The van der Waals surface area contributed by atoms with E-state index in [1.54, 1.807) is 6.07 Å². The maximum absolute atomic E-state index is 13.6. The first-order valence-electron chi connectivity index (χ1n) is 11.4. The zero-order chi connectivity index (χ0) is 25.3. The largest absolute Gasteiger partial charge is 0.325 e. The van der Waals surface area contributed by atoms with Crippen molar-refractivity contribution in [3.05, 3.63) is 95.7 Å². The van der Waals surface area contributed by atoms with Crippen molar-refractivity contribution in [2.45, 2.75) is 30.4 Å². The van der Waals surface area contributed by atoms with Crippen molar-refractivity contribution in [3.63, 3.8) is 0 Å². The van der Waals surface area contributed by atoms with Crippen LogP contribution in [0.25, 0.3) is 11.3 Å². The predicted octanol–water partition coefficient (Wildman–Crippen LogP) is 5.20. The van der Waals surface area contributed by atoms with Gasteiger partial charge in [0.05, 0.1) is 29.9 Å². The summed E-state index contributed by atoms with van der Waals surface area (Å²) in [5.74, 6) is -0.0888. The molecule has 0 saturated heterocycles. The van der Waals surface area contributed by atoms with Crippen LogP contribution >= 0.6 is 11.8 Å². The second kappa shape index (κ2) is 9.75. The number of amides is 1. The second-order valence-corrected chi connectivity index (χ2v) is 11.3. The number of nitrogens with one attached hydrogen (secondary N) is 1. The number of sulfonamides is 1. The molecule has 0 radical (unpaired) electrons. The molecule has 0 bridgehead atoms. The highest BCUT2D eigenvalue weighted by Gasteiger charge is 2.36. The Morgan fingerprint density at radius 1 is 1.00 bits per heavy atom. The maximum atomic E-state index is 13.6. The van der Waals surface area contributed by atoms with Crippen LogP contribution in [-0.2, 0) is 21.4 Å². The summed E-state index contributed by atoms with van der Waals surface area (Å²) in [6.45, 7) is 4.11. The maximum Gasteiger partial charge on any atom is 0.268 e. The minimum Gasteiger partial charge on any atom is -0.325 e. The number of anilines is 2. The molecule has 7 nitrogen and oxygen atoms in total. The number of aromatic nitrogens is 2. The molecule has 3 aromatic carbocycles. The highest BCUT2D eigenvalue weighted by atomic mass is 32.2. The van der Waals surface area contributed by atoms with Crippen molar-refractivity contribution in [1.29, 1.82) is 0 Å². The van der Waals surface area contributed by atoms with Crippen LogP contribution in [0.3, 0.4) is 0 Å². The minimum absolute atomic E-state index is 0.0579. The Morgan fingerprint density at radius 3 is 2.58 bits per heavy atom. The van der Waals surface area contributed by atoms with Gasteiger partial charge in [-0.05, 0) is 37.1 Å². The summed E-state index contributed by atoms with van der Waals surface area (Å²) in [5, 5.41) is 3.23. The standard InChI is InChI=1S/C27H24N4O3S2/c1-18-8-7-10-20(14-18)16-31-23-13-6-4-11-21(23)26-24(36(31,33)34)15-28-27(30-26)35-17-25(32)29-22-12-5-3-9-19(22)2/h3-15H,16-17H2,1-2H3,(H,29,32). The van der Waals surface area contributed by atoms with Crippen LogP contribution in [0.1, 0.15) is 16.7 Å². The lowest BCUT2D eigenvalue weighted by Crippen LogP contribution is -2.34. The van der Waals surface area contributed by atoms with E-state index < -0.39 is 10.0 Å². The van der Waals surface area contributed by atoms with E-state index in [9.17, 15) is 13.2 Å². The van der Waals surface area contributed by atoms with Crippen molar-refractivity contribution in [3.8, 4) is 11.3 Å². The predicted molar refractivity (Wildman–Crippen MR) is 143 cm³/mol. The third-order valence-electron chi connectivity index (χ3n) is 5.89. The summed E-state index contributed by atoms with van der Waals surface area (Å²) in [6.07, 6.45) is 1.35. The number of para-hydroxylation sites is 2. The molecule has 36 heavy (non-hydrogen) atoms. The smallest absolute Gasteiger partial charge is 0.268 e. The Kier molecular flexibility index (Phi) is 6.51. The lowest BCUT2D eigenvalue weighted by atomic mass is 10.1. The molecule has 182 valence electrons. The minimum atomic E-state index is -3.88. The summed E-state index contributed by atoms with van der Waals surface area (Å²) in [6, 6.07) is 22.7. The first-order valence-corrected chi connectivity index (χ1v) is 13.8. The van der Waals surface area contributed by atoms with Crippen LogP contribution in [-0.4, -0.2) is 30.0 Å². The zero-order valence-electron chi connectivity index (χ0n) is 19.8. The summed E-state index contributed by atoms with van der Waals surface area (Å²) in [7, 11) is -3.88. The van der Waals surface area contributed by atoms with Gasteiger partial charge in [0.1, 0.15) is 4.90 Å². The molecule has 0 atom stereocenters. The van der Waals surface area contributed by atoms with Crippen molar-refractivity contribution < 1.29 is 13.2 Å². The first kappa shape index (κ1) is 24.0. The van der Waals surface area contributed by atoms with E-state index in [1.165, 1.54) is 10.5 Å². The molecule has 1 N–H and O–H groups in total. The van der Waals surface area contributed by atoms with Crippen LogP contribution in [0.15, 0.2) is 89.0 Å². The Bertz CT molecular complexity index is 1570. The first-order chi connectivity index (χ1) is 17.3. The number of fused-ring (bicyclic) bond motifs is 3. The van der Waals surface area contributed by atoms with E-state index in [-0.39, 0.29) is 23.1 Å². The SMILES string of the molecule is Cc1cccc(CN2c3ccccc3-c3nc(SCC(=O)Nc4ccccc4C)ncc3S2(=O)=O)c1. The number of hydrogen-bond acceptors (Lipinski definition) is 6. The average molecular weight is 517 g/mol. The molecule has 1 aromatic heterocycles. The molecule has 1 aliphatic heterocycles. The molecular formula is C27H24N4O3S2. The van der Waals surface area contributed by atoms with Gasteiger partial charge in [0.15, 0.2) is 5.16 Å². The molecule has 0 aliphatic carbocycles. The number of thioether (sulfide) groups is 1. The van der Waals surface area contributed by atoms with Gasteiger partial charge in [-0.2, -0.15) is 0 Å². The fourth-order valence-electron chi connectivity index (χ4n) is 4.12. The number of benzene rings is 3. The Labute approximate surface area is 214 Å². The van der Waals surface area contributed by atoms with Gasteiger partial charge in [0.25, 0.3) is 10.0 Å². The molecule has 5 rings (SSSR count). The highest BCUT2D eigenvalue weighted by Crippen LogP contribution is 2.42. The average Bonchev–Trinajstić information content (AvgIpc) is 2.87. The van der Waals surface area contributed by atoms with Gasteiger partial charge in [0, 0.05) is 11.3 Å².